The molecule has 2 aromatic rings. The summed E-state index contributed by atoms with van der Waals surface area (Å²) in [5.74, 6) is -1.12. The van der Waals surface area contributed by atoms with Crippen LogP contribution in [0.5, 0.6) is 0 Å². The highest BCUT2D eigenvalue weighted by atomic mass is 79.9. The maximum Gasteiger partial charge on any atom is 0.252 e. The Morgan fingerprint density at radius 3 is 2.77 bits per heavy atom. The van der Waals surface area contributed by atoms with Gasteiger partial charge in [-0.15, -0.1) is 11.3 Å². The van der Waals surface area contributed by atoms with Crippen molar-refractivity contribution in [2.24, 2.45) is 5.92 Å². The fourth-order valence-electron chi connectivity index (χ4n) is 2.88. The fourth-order valence-corrected chi connectivity index (χ4v) is 6.29. The second-order valence-corrected chi connectivity index (χ2v) is 10.5. The molecule has 2 heterocycles. The van der Waals surface area contributed by atoms with E-state index in [1.165, 1.54) is 33.8 Å². The number of nitrogens with zero attached hydrogens (tertiary/aromatic N) is 1. The van der Waals surface area contributed by atoms with Crippen molar-refractivity contribution in [3.63, 3.8) is 0 Å². The van der Waals surface area contributed by atoms with Gasteiger partial charge in [-0.25, -0.2) is 12.8 Å². The van der Waals surface area contributed by atoms with Crippen molar-refractivity contribution < 1.29 is 17.6 Å². The molecule has 0 radical (unpaired) electrons. The molecule has 0 saturated carbocycles. The molecule has 0 spiro atoms. The van der Waals surface area contributed by atoms with Gasteiger partial charge in [0, 0.05) is 22.4 Å². The molecule has 0 bridgehead atoms. The summed E-state index contributed by atoms with van der Waals surface area (Å²) in [6, 6.07) is 7.39. The Morgan fingerprint density at radius 2 is 2.12 bits per heavy atom. The molecule has 1 aromatic carbocycles. The number of benzene rings is 1. The topological polar surface area (TPSA) is 66.5 Å². The Bertz CT molecular complexity index is 930. The summed E-state index contributed by atoms with van der Waals surface area (Å²) < 4.78 is 40.8. The number of halogens is 2. The number of anilines is 1. The van der Waals surface area contributed by atoms with Gasteiger partial charge in [0.15, 0.2) is 0 Å². The normalized spacial score (nSPS) is 18.7. The van der Waals surface area contributed by atoms with E-state index >= 15 is 0 Å². The first-order valence-electron chi connectivity index (χ1n) is 8.10. The summed E-state index contributed by atoms with van der Waals surface area (Å²) >= 11 is 4.45. The molecule has 1 unspecified atom stereocenters. The van der Waals surface area contributed by atoms with Crippen LogP contribution in [0, 0.1) is 18.7 Å². The van der Waals surface area contributed by atoms with Crippen molar-refractivity contribution in [2.75, 3.05) is 18.4 Å². The Kier molecular flexibility index (Phi) is 5.81. The van der Waals surface area contributed by atoms with E-state index in [0.29, 0.717) is 33.8 Å². The molecule has 1 fully saturated rings. The maximum absolute atomic E-state index is 13.2. The average Bonchev–Trinajstić information content (AvgIpc) is 3.05. The lowest BCUT2D eigenvalue weighted by Crippen LogP contribution is -2.43. The van der Waals surface area contributed by atoms with Gasteiger partial charge in [-0.1, -0.05) is 0 Å². The van der Waals surface area contributed by atoms with E-state index in [4.69, 9.17) is 0 Å². The number of rotatable bonds is 4. The number of amides is 1. The predicted molar refractivity (Wildman–Crippen MR) is 103 cm³/mol. The van der Waals surface area contributed by atoms with Crippen molar-refractivity contribution in [1.82, 2.24) is 4.31 Å². The molecular formula is C17H18BrFN2O3S2. The van der Waals surface area contributed by atoms with Gasteiger partial charge in [0.2, 0.25) is 5.91 Å². The van der Waals surface area contributed by atoms with Gasteiger partial charge in [0.05, 0.1) is 11.6 Å². The third kappa shape index (κ3) is 4.16. The zero-order valence-corrected chi connectivity index (χ0v) is 17.3. The van der Waals surface area contributed by atoms with Gasteiger partial charge in [-0.2, -0.15) is 4.31 Å². The average molecular weight is 461 g/mol. The number of thiophene rings is 1. The standard InChI is InChI=1S/C17H18BrFN2O3S2/c1-11-4-7-16(25-11)26(23,24)21-8-2-3-12(10-21)17(22)20-15-6-5-13(19)9-14(15)18/h4-7,9,12H,2-3,8,10H2,1H3,(H,20,22). The van der Waals surface area contributed by atoms with Crippen LogP contribution in [0.2, 0.25) is 0 Å². The van der Waals surface area contributed by atoms with E-state index < -0.39 is 21.8 Å². The molecule has 1 aliphatic rings. The lowest BCUT2D eigenvalue weighted by atomic mass is 9.99. The summed E-state index contributed by atoms with van der Waals surface area (Å²) in [5.41, 5.74) is 0.463. The summed E-state index contributed by atoms with van der Waals surface area (Å²) in [5, 5.41) is 2.75. The van der Waals surface area contributed by atoms with Gasteiger partial charge in [0.25, 0.3) is 10.0 Å². The molecule has 1 N–H and O–H groups in total. The Balaban J connectivity index is 1.72. The van der Waals surface area contributed by atoms with Gasteiger partial charge in [-0.3, -0.25) is 4.79 Å². The lowest BCUT2D eigenvalue weighted by Gasteiger charge is -2.30. The van der Waals surface area contributed by atoms with E-state index in [-0.39, 0.29) is 12.5 Å². The predicted octanol–water partition coefficient (Wildman–Crippen LogP) is 4.00. The van der Waals surface area contributed by atoms with Crippen LogP contribution < -0.4 is 5.32 Å². The van der Waals surface area contributed by atoms with E-state index in [2.05, 4.69) is 21.2 Å². The number of hydrogen-bond donors (Lipinski definition) is 1. The van der Waals surface area contributed by atoms with Gasteiger partial charge < -0.3 is 5.32 Å². The summed E-state index contributed by atoms with van der Waals surface area (Å²) in [6.07, 6.45) is 1.23. The molecule has 3 rings (SSSR count). The first kappa shape index (κ1) is 19.5. The second kappa shape index (κ2) is 7.75. The molecule has 1 amide bonds. The van der Waals surface area contributed by atoms with E-state index in [9.17, 15) is 17.6 Å². The van der Waals surface area contributed by atoms with Crippen molar-refractivity contribution in [2.45, 2.75) is 24.0 Å². The molecular weight excluding hydrogens is 443 g/mol. The van der Waals surface area contributed by atoms with Crippen LogP contribution in [0.3, 0.4) is 0 Å². The second-order valence-electron chi connectivity index (χ2n) is 6.18. The van der Waals surface area contributed by atoms with Crippen LogP contribution in [-0.4, -0.2) is 31.7 Å². The molecule has 1 atom stereocenters. The van der Waals surface area contributed by atoms with Crippen molar-refractivity contribution in [3.8, 4) is 0 Å². The number of hydrogen-bond acceptors (Lipinski definition) is 4. The highest BCUT2D eigenvalue weighted by molar-refractivity contribution is 9.10. The number of piperidine rings is 1. The third-order valence-electron chi connectivity index (χ3n) is 4.25. The number of carbonyl (C=O) groups is 1. The van der Waals surface area contributed by atoms with Crippen LogP contribution in [0.4, 0.5) is 10.1 Å². The third-order valence-corrected chi connectivity index (χ3v) is 8.24. The Morgan fingerprint density at radius 1 is 1.35 bits per heavy atom. The van der Waals surface area contributed by atoms with Crippen LogP contribution >= 0.6 is 27.3 Å². The van der Waals surface area contributed by atoms with Crippen LogP contribution in [0.15, 0.2) is 39.0 Å². The highest BCUT2D eigenvalue weighted by Crippen LogP contribution is 2.29. The lowest BCUT2D eigenvalue weighted by molar-refractivity contribution is -0.120. The van der Waals surface area contributed by atoms with Crippen LogP contribution in [0.1, 0.15) is 17.7 Å². The van der Waals surface area contributed by atoms with Crippen molar-refractivity contribution in [3.05, 3.63) is 45.5 Å². The van der Waals surface area contributed by atoms with Crippen molar-refractivity contribution >= 4 is 48.9 Å². The van der Waals surface area contributed by atoms with Gasteiger partial charge >= 0.3 is 0 Å². The molecule has 1 aliphatic heterocycles. The van der Waals surface area contributed by atoms with Crippen LogP contribution in [-0.2, 0) is 14.8 Å². The quantitative estimate of drug-likeness (QED) is 0.749. The number of carbonyl (C=O) groups excluding carboxylic acids is 1. The zero-order valence-electron chi connectivity index (χ0n) is 14.0. The van der Waals surface area contributed by atoms with Crippen molar-refractivity contribution in [1.29, 1.82) is 0 Å². The summed E-state index contributed by atoms with van der Waals surface area (Å²) in [7, 11) is -3.58. The van der Waals surface area contributed by atoms with Crippen LogP contribution in [0.25, 0.3) is 0 Å². The molecule has 26 heavy (non-hydrogen) atoms. The number of aryl methyl sites for hydroxylation is 1. The fraction of sp³-hybridized carbons (Fsp3) is 0.353. The van der Waals surface area contributed by atoms with Gasteiger partial charge in [-0.05, 0) is 66.0 Å². The Labute approximate surface area is 164 Å². The Hall–Kier alpha value is -1.29. The maximum atomic E-state index is 13.2. The smallest absolute Gasteiger partial charge is 0.252 e. The molecule has 9 heteroatoms. The largest absolute Gasteiger partial charge is 0.325 e. The summed E-state index contributed by atoms with van der Waals surface area (Å²) in [6.45, 7) is 2.41. The molecule has 1 aromatic heterocycles. The van der Waals surface area contributed by atoms with Gasteiger partial charge in [0.1, 0.15) is 10.0 Å². The number of sulfonamides is 1. The molecule has 5 nitrogen and oxygen atoms in total. The molecule has 0 aliphatic carbocycles. The van der Waals surface area contributed by atoms with E-state index in [0.717, 1.165) is 4.88 Å². The monoisotopic (exact) mass is 460 g/mol. The molecule has 1 saturated heterocycles. The first-order chi connectivity index (χ1) is 12.3. The summed E-state index contributed by atoms with van der Waals surface area (Å²) in [4.78, 5) is 13.5. The first-order valence-corrected chi connectivity index (χ1v) is 11.1. The minimum Gasteiger partial charge on any atom is -0.325 e. The minimum absolute atomic E-state index is 0.143. The van der Waals surface area contributed by atoms with E-state index in [1.54, 1.807) is 12.1 Å². The number of nitrogens with one attached hydrogen (secondary N) is 1. The molecule has 140 valence electrons. The van der Waals surface area contributed by atoms with E-state index in [1.807, 2.05) is 6.92 Å². The zero-order chi connectivity index (χ0) is 18.9. The minimum atomic E-state index is -3.58. The SMILES string of the molecule is Cc1ccc(S(=O)(=O)N2CCCC(C(=O)Nc3ccc(F)cc3Br)C2)s1. The highest BCUT2D eigenvalue weighted by Gasteiger charge is 2.34.